The van der Waals surface area contributed by atoms with E-state index < -0.39 is 11.9 Å². The van der Waals surface area contributed by atoms with Gasteiger partial charge in [0.15, 0.2) is 0 Å². The number of esters is 1. The standard InChI is InChI=1S/C16H21NO4/c1-4-17-14-10-12(20-3)8-6-11(14)7-9-13(15(17)18)16(19)21-5-2/h6,8,10,13H,4-5,7,9H2,1-3H3. The fourth-order valence-corrected chi connectivity index (χ4v) is 2.65. The quantitative estimate of drug-likeness (QED) is 0.630. The summed E-state index contributed by atoms with van der Waals surface area (Å²) >= 11 is 0. The summed E-state index contributed by atoms with van der Waals surface area (Å²) in [5.74, 6) is -0.637. The number of hydrogen-bond donors (Lipinski definition) is 0. The highest BCUT2D eigenvalue weighted by Crippen LogP contribution is 2.32. The van der Waals surface area contributed by atoms with Gasteiger partial charge in [0.25, 0.3) is 0 Å². The average molecular weight is 291 g/mol. The molecule has 0 radical (unpaired) electrons. The van der Waals surface area contributed by atoms with Crippen molar-refractivity contribution in [1.29, 1.82) is 0 Å². The Hall–Kier alpha value is -2.04. The highest BCUT2D eigenvalue weighted by atomic mass is 16.5. The molecule has 1 aliphatic heterocycles. The fourth-order valence-electron chi connectivity index (χ4n) is 2.65. The lowest BCUT2D eigenvalue weighted by Crippen LogP contribution is -2.39. The van der Waals surface area contributed by atoms with Gasteiger partial charge in [-0.2, -0.15) is 0 Å². The van der Waals surface area contributed by atoms with Crippen molar-refractivity contribution >= 4 is 17.6 Å². The average Bonchev–Trinajstić information content (AvgIpc) is 2.62. The van der Waals surface area contributed by atoms with Crippen LogP contribution >= 0.6 is 0 Å². The van der Waals surface area contributed by atoms with Crippen molar-refractivity contribution < 1.29 is 19.1 Å². The predicted molar refractivity (Wildman–Crippen MR) is 79.5 cm³/mol. The van der Waals surface area contributed by atoms with Crippen molar-refractivity contribution in [2.24, 2.45) is 5.92 Å². The first-order valence-electron chi connectivity index (χ1n) is 7.27. The summed E-state index contributed by atoms with van der Waals surface area (Å²) in [5.41, 5.74) is 1.88. The van der Waals surface area contributed by atoms with Crippen molar-refractivity contribution in [1.82, 2.24) is 0 Å². The molecule has 0 aliphatic carbocycles. The number of fused-ring (bicyclic) bond motifs is 1. The summed E-state index contributed by atoms with van der Waals surface area (Å²) in [7, 11) is 1.60. The molecule has 114 valence electrons. The second-order valence-corrected chi connectivity index (χ2v) is 4.92. The number of ether oxygens (including phenoxy) is 2. The Balaban J connectivity index is 2.37. The molecule has 5 heteroatoms. The van der Waals surface area contributed by atoms with Gasteiger partial charge in [-0.1, -0.05) is 6.07 Å². The molecule has 1 amide bonds. The minimum Gasteiger partial charge on any atom is -0.497 e. The van der Waals surface area contributed by atoms with Gasteiger partial charge in [0.2, 0.25) is 5.91 Å². The van der Waals surface area contributed by atoms with E-state index in [9.17, 15) is 9.59 Å². The number of rotatable bonds is 4. The van der Waals surface area contributed by atoms with Crippen molar-refractivity contribution in [2.75, 3.05) is 25.2 Å². The van der Waals surface area contributed by atoms with Gasteiger partial charge in [0.1, 0.15) is 11.7 Å². The second kappa shape index (κ2) is 6.61. The van der Waals surface area contributed by atoms with E-state index in [0.29, 0.717) is 25.1 Å². The van der Waals surface area contributed by atoms with Crippen molar-refractivity contribution in [3.8, 4) is 5.75 Å². The van der Waals surface area contributed by atoms with E-state index in [2.05, 4.69) is 0 Å². The topological polar surface area (TPSA) is 55.8 Å². The van der Waals surface area contributed by atoms with E-state index in [-0.39, 0.29) is 12.5 Å². The molecule has 2 rings (SSSR count). The van der Waals surface area contributed by atoms with Gasteiger partial charge < -0.3 is 14.4 Å². The van der Waals surface area contributed by atoms with E-state index >= 15 is 0 Å². The van der Waals surface area contributed by atoms with Gasteiger partial charge in [-0.05, 0) is 38.3 Å². The van der Waals surface area contributed by atoms with Crippen LogP contribution in [0.15, 0.2) is 18.2 Å². The van der Waals surface area contributed by atoms with Crippen LogP contribution in [-0.4, -0.2) is 32.1 Å². The van der Waals surface area contributed by atoms with Gasteiger partial charge >= 0.3 is 5.97 Å². The van der Waals surface area contributed by atoms with E-state index in [1.807, 2.05) is 25.1 Å². The number of anilines is 1. The smallest absolute Gasteiger partial charge is 0.318 e. The zero-order valence-corrected chi connectivity index (χ0v) is 12.7. The van der Waals surface area contributed by atoms with Crippen molar-refractivity contribution in [2.45, 2.75) is 26.7 Å². The predicted octanol–water partition coefficient (Wildman–Crippen LogP) is 2.17. The van der Waals surface area contributed by atoms with E-state index in [1.165, 1.54) is 0 Å². The molecule has 0 N–H and O–H groups in total. The molecule has 0 fully saturated rings. The monoisotopic (exact) mass is 291 g/mol. The first kappa shape index (κ1) is 15.4. The summed E-state index contributed by atoms with van der Waals surface area (Å²) < 4.78 is 10.3. The maximum Gasteiger partial charge on any atom is 0.318 e. The number of benzene rings is 1. The molecule has 1 aromatic rings. The Labute approximate surface area is 124 Å². The molecule has 1 unspecified atom stereocenters. The van der Waals surface area contributed by atoms with Crippen LogP contribution in [0.3, 0.4) is 0 Å². The van der Waals surface area contributed by atoms with Crippen LogP contribution in [0.4, 0.5) is 5.69 Å². The molecule has 5 nitrogen and oxygen atoms in total. The van der Waals surface area contributed by atoms with Crippen molar-refractivity contribution in [3.05, 3.63) is 23.8 Å². The molecule has 1 aromatic carbocycles. The third kappa shape index (κ3) is 3.01. The second-order valence-electron chi connectivity index (χ2n) is 4.92. The lowest BCUT2D eigenvalue weighted by molar-refractivity contribution is -0.151. The molecule has 0 saturated carbocycles. The maximum absolute atomic E-state index is 12.6. The van der Waals surface area contributed by atoms with Gasteiger partial charge in [0, 0.05) is 12.6 Å². The molecule has 1 atom stereocenters. The van der Waals surface area contributed by atoms with Crippen LogP contribution in [0.2, 0.25) is 0 Å². The van der Waals surface area contributed by atoms with Gasteiger partial charge in [0.05, 0.1) is 19.4 Å². The molecule has 0 aromatic heterocycles. The Morgan fingerprint density at radius 2 is 2.14 bits per heavy atom. The molecular formula is C16H21NO4. The lowest BCUT2D eigenvalue weighted by Gasteiger charge is -2.24. The zero-order valence-electron chi connectivity index (χ0n) is 12.7. The largest absolute Gasteiger partial charge is 0.497 e. The lowest BCUT2D eigenvalue weighted by atomic mass is 10.0. The maximum atomic E-state index is 12.6. The molecule has 1 heterocycles. The van der Waals surface area contributed by atoms with E-state index in [1.54, 1.807) is 18.9 Å². The summed E-state index contributed by atoms with van der Waals surface area (Å²) in [5, 5.41) is 0. The van der Waals surface area contributed by atoms with Crippen LogP contribution in [0.5, 0.6) is 5.75 Å². The number of nitrogens with zero attached hydrogens (tertiary/aromatic N) is 1. The summed E-state index contributed by atoms with van der Waals surface area (Å²) in [6.07, 6.45) is 1.15. The number of carbonyl (C=O) groups excluding carboxylic acids is 2. The first-order valence-corrected chi connectivity index (χ1v) is 7.27. The van der Waals surface area contributed by atoms with Crippen LogP contribution in [0.1, 0.15) is 25.8 Å². The minimum absolute atomic E-state index is 0.192. The number of methoxy groups -OCH3 is 1. The molecule has 0 spiro atoms. The number of carbonyl (C=O) groups is 2. The van der Waals surface area contributed by atoms with Gasteiger partial charge in [-0.3, -0.25) is 9.59 Å². The Morgan fingerprint density at radius 3 is 2.76 bits per heavy atom. The summed E-state index contributed by atoms with van der Waals surface area (Å²) in [6, 6.07) is 5.68. The molecule has 0 bridgehead atoms. The molecular weight excluding hydrogens is 270 g/mol. The number of hydrogen-bond acceptors (Lipinski definition) is 4. The van der Waals surface area contributed by atoms with Gasteiger partial charge in [-0.15, -0.1) is 0 Å². The first-order chi connectivity index (χ1) is 10.1. The SMILES string of the molecule is CCOC(=O)C1CCc2ccc(OC)cc2N(CC)C1=O. The summed E-state index contributed by atoms with van der Waals surface area (Å²) in [4.78, 5) is 26.3. The zero-order chi connectivity index (χ0) is 15.4. The third-order valence-corrected chi connectivity index (χ3v) is 3.74. The molecule has 0 saturated heterocycles. The van der Waals surface area contributed by atoms with Crippen LogP contribution < -0.4 is 9.64 Å². The Morgan fingerprint density at radius 1 is 1.38 bits per heavy atom. The highest BCUT2D eigenvalue weighted by Gasteiger charge is 2.35. The number of aryl methyl sites for hydroxylation is 1. The Bertz CT molecular complexity index is 541. The van der Waals surface area contributed by atoms with Crippen molar-refractivity contribution in [3.63, 3.8) is 0 Å². The number of amides is 1. The molecule has 21 heavy (non-hydrogen) atoms. The fraction of sp³-hybridized carbons (Fsp3) is 0.500. The van der Waals surface area contributed by atoms with Crippen LogP contribution in [0, 0.1) is 5.92 Å². The molecule has 1 aliphatic rings. The highest BCUT2D eigenvalue weighted by molar-refractivity contribution is 6.07. The normalized spacial score (nSPS) is 18.0. The van der Waals surface area contributed by atoms with Crippen LogP contribution in [0.25, 0.3) is 0 Å². The van der Waals surface area contributed by atoms with E-state index in [0.717, 1.165) is 11.3 Å². The minimum atomic E-state index is -0.719. The third-order valence-electron chi connectivity index (χ3n) is 3.74. The van der Waals surface area contributed by atoms with Gasteiger partial charge in [-0.25, -0.2) is 0 Å². The Kier molecular flexibility index (Phi) is 4.83. The van der Waals surface area contributed by atoms with E-state index in [4.69, 9.17) is 9.47 Å². The summed E-state index contributed by atoms with van der Waals surface area (Å²) in [6.45, 7) is 4.44. The van der Waals surface area contributed by atoms with Crippen LogP contribution in [-0.2, 0) is 20.7 Å².